The molecule has 1 fully saturated rings. The standard InChI is InChI=1S/C18H20O5/c1-9-15(10-5-6-12(21-2)13(7-10)22-3)17-16(9)11(19)8-14(23-4)18(17)20/h5-9,15-17H,1-4H3/t9-,15+,16?,17?/m1/s1. The Balaban J connectivity index is 1.97. The average Bonchev–Trinajstić information content (AvgIpc) is 2.55. The van der Waals surface area contributed by atoms with Gasteiger partial charge < -0.3 is 14.2 Å². The first kappa shape index (κ1) is 15.6. The van der Waals surface area contributed by atoms with Crippen LogP contribution in [0.1, 0.15) is 18.4 Å². The second-order valence-electron chi connectivity index (χ2n) is 6.03. The second kappa shape index (κ2) is 5.72. The fraction of sp³-hybridized carbons (Fsp3) is 0.444. The molecule has 0 amide bonds. The fourth-order valence-corrected chi connectivity index (χ4v) is 3.91. The van der Waals surface area contributed by atoms with Crippen molar-refractivity contribution < 1.29 is 23.8 Å². The molecule has 4 atom stereocenters. The number of carbonyl (C=O) groups is 2. The summed E-state index contributed by atoms with van der Waals surface area (Å²) in [6.07, 6.45) is 1.34. The first-order chi connectivity index (χ1) is 11.0. The van der Waals surface area contributed by atoms with E-state index in [0.29, 0.717) is 11.5 Å². The maximum absolute atomic E-state index is 12.6. The number of rotatable bonds is 4. The van der Waals surface area contributed by atoms with Crippen molar-refractivity contribution in [2.24, 2.45) is 17.8 Å². The van der Waals surface area contributed by atoms with E-state index in [1.54, 1.807) is 14.2 Å². The molecule has 2 unspecified atom stereocenters. The van der Waals surface area contributed by atoms with Crippen LogP contribution in [0.2, 0.25) is 0 Å². The Hall–Kier alpha value is -2.30. The van der Waals surface area contributed by atoms with Crippen molar-refractivity contribution in [2.45, 2.75) is 12.8 Å². The van der Waals surface area contributed by atoms with Crippen LogP contribution < -0.4 is 9.47 Å². The predicted octanol–water partition coefficient (Wildman–Crippen LogP) is 2.35. The highest BCUT2D eigenvalue weighted by atomic mass is 16.5. The zero-order valence-corrected chi connectivity index (χ0v) is 13.7. The van der Waals surface area contributed by atoms with Gasteiger partial charge in [-0.25, -0.2) is 0 Å². The number of Topliss-reactive ketones (excluding diaryl/α,β-unsaturated/α-hetero) is 1. The van der Waals surface area contributed by atoms with Gasteiger partial charge in [0.15, 0.2) is 23.0 Å². The molecule has 2 aliphatic carbocycles. The molecule has 1 aromatic rings. The molecular weight excluding hydrogens is 296 g/mol. The van der Waals surface area contributed by atoms with Gasteiger partial charge >= 0.3 is 0 Å². The first-order valence-corrected chi connectivity index (χ1v) is 7.59. The lowest BCUT2D eigenvalue weighted by Gasteiger charge is -2.50. The molecule has 1 aromatic carbocycles. The molecule has 2 aliphatic rings. The summed E-state index contributed by atoms with van der Waals surface area (Å²) in [4.78, 5) is 24.8. The zero-order chi connectivity index (χ0) is 16.7. The lowest BCUT2D eigenvalue weighted by molar-refractivity contribution is -0.144. The highest BCUT2D eigenvalue weighted by Gasteiger charge is 2.57. The van der Waals surface area contributed by atoms with Crippen LogP contribution in [0.4, 0.5) is 0 Å². The summed E-state index contributed by atoms with van der Waals surface area (Å²) in [5, 5.41) is 0. The monoisotopic (exact) mass is 316 g/mol. The molecule has 3 rings (SSSR count). The molecule has 0 spiro atoms. The van der Waals surface area contributed by atoms with E-state index in [2.05, 4.69) is 0 Å². The van der Waals surface area contributed by atoms with E-state index in [-0.39, 0.29) is 41.0 Å². The van der Waals surface area contributed by atoms with Gasteiger partial charge in [-0.15, -0.1) is 0 Å². The molecular formula is C18H20O5. The summed E-state index contributed by atoms with van der Waals surface area (Å²) in [7, 11) is 4.58. The Labute approximate surface area is 135 Å². The van der Waals surface area contributed by atoms with E-state index in [4.69, 9.17) is 14.2 Å². The smallest absolute Gasteiger partial charge is 0.201 e. The maximum atomic E-state index is 12.6. The Kier molecular flexibility index (Phi) is 3.88. The third-order valence-electron chi connectivity index (χ3n) is 5.07. The molecule has 0 heterocycles. The van der Waals surface area contributed by atoms with Crippen molar-refractivity contribution in [3.8, 4) is 11.5 Å². The van der Waals surface area contributed by atoms with Gasteiger partial charge in [-0.3, -0.25) is 9.59 Å². The third-order valence-corrected chi connectivity index (χ3v) is 5.07. The van der Waals surface area contributed by atoms with Crippen LogP contribution in [-0.2, 0) is 14.3 Å². The quantitative estimate of drug-likeness (QED) is 0.853. The van der Waals surface area contributed by atoms with Crippen LogP contribution in [0.25, 0.3) is 0 Å². The second-order valence-corrected chi connectivity index (χ2v) is 6.03. The third kappa shape index (κ3) is 2.22. The van der Waals surface area contributed by atoms with E-state index in [0.717, 1.165) is 5.56 Å². The minimum Gasteiger partial charge on any atom is -0.493 e. The molecule has 5 nitrogen and oxygen atoms in total. The van der Waals surface area contributed by atoms with Crippen molar-refractivity contribution in [3.05, 3.63) is 35.6 Å². The normalized spacial score (nSPS) is 29.3. The zero-order valence-electron chi connectivity index (χ0n) is 13.7. The lowest BCUT2D eigenvalue weighted by atomic mass is 9.51. The van der Waals surface area contributed by atoms with Crippen molar-refractivity contribution in [2.75, 3.05) is 21.3 Å². The van der Waals surface area contributed by atoms with Gasteiger partial charge in [0.25, 0.3) is 0 Å². The first-order valence-electron chi connectivity index (χ1n) is 7.59. The minimum atomic E-state index is -0.351. The SMILES string of the molecule is COC1=CC(=O)C2C(C1=O)[C@H](c1ccc(OC)c(OC)c1)[C@H]2C. The number of fused-ring (bicyclic) bond motifs is 1. The topological polar surface area (TPSA) is 61.8 Å². The molecule has 23 heavy (non-hydrogen) atoms. The largest absolute Gasteiger partial charge is 0.493 e. The van der Waals surface area contributed by atoms with Gasteiger partial charge in [0.05, 0.1) is 21.3 Å². The van der Waals surface area contributed by atoms with Crippen LogP contribution in [0.3, 0.4) is 0 Å². The summed E-state index contributed by atoms with van der Waals surface area (Å²) in [6.45, 7) is 2.01. The maximum Gasteiger partial charge on any atom is 0.201 e. The van der Waals surface area contributed by atoms with E-state index in [1.165, 1.54) is 13.2 Å². The van der Waals surface area contributed by atoms with Crippen LogP contribution in [-0.4, -0.2) is 32.9 Å². The van der Waals surface area contributed by atoms with Crippen molar-refractivity contribution >= 4 is 11.6 Å². The Bertz CT molecular complexity index is 691. The number of carbonyl (C=O) groups excluding carboxylic acids is 2. The molecule has 0 radical (unpaired) electrons. The van der Waals surface area contributed by atoms with Gasteiger partial charge in [-0.05, 0) is 29.5 Å². The van der Waals surface area contributed by atoms with Gasteiger partial charge in [-0.1, -0.05) is 13.0 Å². The summed E-state index contributed by atoms with van der Waals surface area (Å²) in [5.74, 6) is 0.801. The average molecular weight is 316 g/mol. The lowest BCUT2D eigenvalue weighted by Crippen LogP contribution is -2.53. The van der Waals surface area contributed by atoms with Crippen LogP contribution >= 0.6 is 0 Å². The Morgan fingerprint density at radius 3 is 2.17 bits per heavy atom. The van der Waals surface area contributed by atoms with E-state index in [9.17, 15) is 9.59 Å². The number of ether oxygens (including phenoxy) is 3. The van der Waals surface area contributed by atoms with E-state index in [1.807, 2.05) is 25.1 Å². The Morgan fingerprint density at radius 1 is 0.870 bits per heavy atom. The molecule has 0 aliphatic heterocycles. The number of allylic oxidation sites excluding steroid dienone is 2. The predicted molar refractivity (Wildman–Crippen MR) is 83.5 cm³/mol. The van der Waals surface area contributed by atoms with Crippen LogP contribution in [0, 0.1) is 17.8 Å². The molecule has 0 bridgehead atoms. The molecule has 0 N–H and O–H groups in total. The van der Waals surface area contributed by atoms with Crippen LogP contribution in [0.5, 0.6) is 11.5 Å². The van der Waals surface area contributed by atoms with Crippen LogP contribution in [0.15, 0.2) is 30.0 Å². The molecule has 122 valence electrons. The number of benzene rings is 1. The Morgan fingerprint density at radius 2 is 1.57 bits per heavy atom. The molecule has 5 heteroatoms. The highest BCUT2D eigenvalue weighted by Crippen LogP contribution is 2.56. The summed E-state index contributed by atoms with van der Waals surface area (Å²) in [5.41, 5.74) is 0.981. The number of hydrogen-bond acceptors (Lipinski definition) is 5. The molecule has 0 aromatic heterocycles. The van der Waals surface area contributed by atoms with Crippen molar-refractivity contribution in [1.82, 2.24) is 0 Å². The van der Waals surface area contributed by atoms with Gasteiger partial charge in [0, 0.05) is 17.9 Å². The number of hydrogen-bond donors (Lipinski definition) is 0. The summed E-state index contributed by atoms with van der Waals surface area (Å²) in [6, 6.07) is 5.65. The highest BCUT2D eigenvalue weighted by molar-refractivity contribution is 6.11. The summed E-state index contributed by atoms with van der Waals surface area (Å²) >= 11 is 0. The van der Waals surface area contributed by atoms with Crippen molar-refractivity contribution in [3.63, 3.8) is 0 Å². The number of ketones is 2. The van der Waals surface area contributed by atoms with Gasteiger partial charge in [-0.2, -0.15) is 0 Å². The minimum absolute atomic E-state index is 0.0179. The van der Waals surface area contributed by atoms with Gasteiger partial charge in [0.1, 0.15) is 0 Å². The van der Waals surface area contributed by atoms with Gasteiger partial charge in [0.2, 0.25) is 5.78 Å². The molecule has 0 saturated heterocycles. The summed E-state index contributed by atoms with van der Waals surface area (Å²) < 4.78 is 15.7. The van der Waals surface area contributed by atoms with E-state index < -0.39 is 0 Å². The molecule has 1 saturated carbocycles. The fourth-order valence-electron chi connectivity index (χ4n) is 3.91. The number of methoxy groups -OCH3 is 3. The van der Waals surface area contributed by atoms with E-state index >= 15 is 0 Å². The van der Waals surface area contributed by atoms with Crippen molar-refractivity contribution in [1.29, 1.82) is 0 Å².